The Morgan fingerprint density at radius 1 is 0.875 bits per heavy atom. The molecule has 0 saturated carbocycles. The maximum Gasteiger partial charge on any atom is 0.276 e. The molecule has 0 spiro atoms. The third-order valence-electron chi connectivity index (χ3n) is 4.55. The Hall–Kier alpha value is -4.14. The number of aromatic nitrogens is 2. The largest absolute Gasteiger partial charge is 0.471 e. The maximum atomic E-state index is 13.7. The summed E-state index contributed by atoms with van der Waals surface area (Å²) in [5, 5.41) is 5.74. The lowest BCUT2D eigenvalue weighted by atomic mass is 10.1. The van der Waals surface area contributed by atoms with Crippen LogP contribution in [0.15, 0.2) is 72.9 Å². The summed E-state index contributed by atoms with van der Waals surface area (Å²) in [6.07, 6.45) is 1.41. The highest BCUT2D eigenvalue weighted by Crippen LogP contribution is 2.25. The molecule has 3 aromatic carbocycles. The van der Waals surface area contributed by atoms with Crippen molar-refractivity contribution >= 4 is 11.6 Å². The number of carbonyl (C=O) groups excluding carboxylic acids is 1. The van der Waals surface area contributed by atoms with Crippen LogP contribution in [0.3, 0.4) is 0 Å². The average molecular weight is 441 g/mol. The zero-order chi connectivity index (χ0) is 22.7. The van der Waals surface area contributed by atoms with E-state index in [1.807, 2.05) is 42.5 Å². The van der Waals surface area contributed by atoms with Crippen LogP contribution in [-0.2, 0) is 6.73 Å². The summed E-state index contributed by atoms with van der Waals surface area (Å²) in [6.45, 7) is -0.0464. The van der Waals surface area contributed by atoms with E-state index in [0.29, 0.717) is 5.75 Å². The summed E-state index contributed by atoms with van der Waals surface area (Å²) < 4.78 is 60.9. The van der Waals surface area contributed by atoms with E-state index < -0.39 is 34.9 Å². The number of anilines is 1. The zero-order valence-corrected chi connectivity index (χ0v) is 16.4. The van der Waals surface area contributed by atoms with Gasteiger partial charge in [0.05, 0.1) is 0 Å². The Kier molecular flexibility index (Phi) is 5.89. The van der Waals surface area contributed by atoms with E-state index in [2.05, 4.69) is 5.10 Å². The SMILES string of the molecule is O=C(Nc1c(F)c(F)cc(F)c1F)c1ccn(COc2ccc(-c3ccccc3)cc2)n1. The molecule has 162 valence electrons. The zero-order valence-electron chi connectivity index (χ0n) is 16.4. The quantitative estimate of drug-likeness (QED) is 0.322. The first-order valence-corrected chi connectivity index (χ1v) is 9.38. The van der Waals surface area contributed by atoms with Gasteiger partial charge in [-0.2, -0.15) is 5.10 Å². The van der Waals surface area contributed by atoms with E-state index in [-0.39, 0.29) is 18.5 Å². The molecular weight excluding hydrogens is 426 g/mol. The highest BCUT2D eigenvalue weighted by Gasteiger charge is 2.22. The normalized spacial score (nSPS) is 10.8. The van der Waals surface area contributed by atoms with E-state index in [1.165, 1.54) is 16.9 Å². The molecular formula is C23H15F4N3O2. The monoisotopic (exact) mass is 441 g/mol. The maximum absolute atomic E-state index is 13.7. The van der Waals surface area contributed by atoms with Gasteiger partial charge in [0.25, 0.3) is 5.91 Å². The molecule has 0 radical (unpaired) electrons. The second-order valence-corrected chi connectivity index (χ2v) is 6.70. The van der Waals surface area contributed by atoms with Crippen molar-refractivity contribution in [3.05, 3.63) is 102 Å². The first kappa shape index (κ1) is 21.1. The highest BCUT2D eigenvalue weighted by molar-refractivity contribution is 6.02. The van der Waals surface area contributed by atoms with Crippen molar-refractivity contribution < 1.29 is 27.1 Å². The van der Waals surface area contributed by atoms with Crippen LogP contribution in [0.2, 0.25) is 0 Å². The molecule has 32 heavy (non-hydrogen) atoms. The summed E-state index contributed by atoms with van der Waals surface area (Å²) in [5.74, 6) is -7.16. The van der Waals surface area contributed by atoms with Gasteiger partial charge in [0.15, 0.2) is 35.7 Å². The molecule has 4 aromatic rings. The molecule has 1 amide bonds. The van der Waals surface area contributed by atoms with Crippen molar-refractivity contribution in [1.82, 2.24) is 9.78 Å². The smallest absolute Gasteiger partial charge is 0.276 e. The molecule has 0 saturated heterocycles. The standard InChI is InChI=1S/C23H15F4N3O2/c24-17-12-18(25)21(27)22(20(17)26)28-23(31)19-10-11-30(29-19)13-32-16-8-6-15(7-9-16)14-4-2-1-3-5-14/h1-12H,13H2,(H,28,31). The number of benzene rings is 3. The van der Waals surface area contributed by atoms with Crippen molar-refractivity contribution in [2.24, 2.45) is 0 Å². The fourth-order valence-corrected chi connectivity index (χ4v) is 2.93. The van der Waals surface area contributed by atoms with Crippen LogP contribution in [0.4, 0.5) is 23.2 Å². The second-order valence-electron chi connectivity index (χ2n) is 6.70. The number of nitrogens with zero attached hydrogens (tertiary/aromatic N) is 2. The minimum Gasteiger partial charge on any atom is -0.471 e. The van der Waals surface area contributed by atoms with Gasteiger partial charge in [-0.05, 0) is 29.3 Å². The summed E-state index contributed by atoms with van der Waals surface area (Å²) in [6, 6.07) is 18.5. The first-order chi connectivity index (χ1) is 15.4. The Morgan fingerprint density at radius 3 is 2.16 bits per heavy atom. The molecule has 9 heteroatoms. The van der Waals surface area contributed by atoms with Crippen molar-refractivity contribution in [3.63, 3.8) is 0 Å². The van der Waals surface area contributed by atoms with Crippen molar-refractivity contribution in [2.75, 3.05) is 5.32 Å². The number of hydrogen-bond acceptors (Lipinski definition) is 3. The molecule has 1 heterocycles. The molecule has 0 bridgehead atoms. The Labute approximate surface area is 179 Å². The predicted octanol–water partition coefficient (Wildman–Crippen LogP) is 5.40. The van der Waals surface area contributed by atoms with Crippen LogP contribution >= 0.6 is 0 Å². The van der Waals surface area contributed by atoms with Gasteiger partial charge >= 0.3 is 0 Å². The summed E-state index contributed by atoms with van der Waals surface area (Å²) >= 11 is 0. The topological polar surface area (TPSA) is 56.2 Å². The van der Waals surface area contributed by atoms with E-state index in [1.54, 1.807) is 17.4 Å². The Bertz CT molecular complexity index is 1230. The minimum absolute atomic E-state index is 0.0464. The van der Waals surface area contributed by atoms with E-state index in [0.717, 1.165) is 11.1 Å². The lowest BCUT2D eigenvalue weighted by molar-refractivity contribution is 0.101. The second kappa shape index (κ2) is 8.93. The number of amides is 1. The van der Waals surface area contributed by atoms with E-state index in [4.69, 9.17) is 4.74 Å². The first-order valence-electron chi connectivity index (χ1n) is 9.38. The molecule has 0 aliphatic heterocycles. The van der Waals surface area contributed by atoms with Crippen LogP contribution < -0.4 is 10.1 Å². The average Bonchev–Trinajstić information content (AvgIpc) is 3.29. The van der Waals surface area contributed by atoms with Gasteiger partial charge in [0.2, 0.25) is 0 Å². The van der Waals surface area contributed by atoms with E-state index >= 15 is 0 Å². The summed E-state index contributed by atoms with van der Waals surface area (Å²) in [5.41, 5.74) is 0.630. The molecule has 5 nitrogen and oxygen atoms in total. The van der Waals surface area contributed by atoms with Gasteiger partial charge in [-0.25, -0.2) is 22.2 Å². The number of hydrogen-bond donors (Lipinski definition) is 1. The fourth-order valence-electron chi connectivity index (χ4n) is 2.93. The minimum atomic E-state index is -1.71. The van der Waals surface area contributed by atoms with Crippen molar-refractivity contribution in [1.29, 1.82) is 0 Å². The van der Waals surface area contributed by atoms with Crippen LogP contribution in [0.25, 0.3) is 11.1 Å². The fraction of sp³-hybridized carbons (Fsp3) is 0.0435. The number of nitrogens with one attached hydrogen (secondary N) is 1. The Balaban J connectivity index is 1.40. The lowest BCUT2D eigenvalue weighted by Gasteiger charge is -2.08. The predicted molar refractivity (Wildman–Crippen MR) is 109 cm³/mol. The van der Waals surface area contributed by atoms with Gasteiger partial charge in [0.1, 0.15) is 11.4 Å². The van der Waals surface area contributed by atoms with Crippen molar-refractivity contribution in [3.8, 4) is 16.9 Å². The number of carbonyl (C=O) groups is 1. The van der Waals surface area contributed by atoms with Crippen LogP contribution in [0, 0.1) is 23.3 Å². The number of rotatable bonds is 6. The van der Waals surface area contributed by atoms with Gasteiger partial charge in [-0.1, -0.05) is 42.5 Å². The molecule has 0 aliphatic carbocycles. The molecule has 0 unspecified atom stereocenters. The molecule has 0 aliphatic rings. The molecule has 4 rings (SSSR count). The van der Waals surface area contributed by atoms with Gasteiger partial charge < -0.3 is 10.1 Å². The molecule has 1 aromatic heterocycles. The van der Waals surface area contributed by atoms with Crippen LogP contribution in [0.1, 0.15) is 10.5 Å². The van der Waals surface area contributed by atoms with E-state index in [9.17, 15) is 22.4 Å². The third-order valence-corrected chi connectivity index (χ3v) is 4.55. The van der Waals surface area contributed by atoms with Gasteiger partial charge in [-0.15, -0.1) is 0 Å². The van der Waals surface area contributed by atoms with Crippen LogP contribution in [0.5, 0.6) is 5.75 Å². The van der Waals surface area contributed by atoms with Gasteiger partial charge in [0, 0.05) is 12.3 Å². The lowest BCUT2D eigenvalue weighted by Crippen LogP contribution is -2.17. The molecule has 1 N–H and O–H groups in total. The van der Waals surface area contributed by atoms with Gasteiger partial charge in [-0.3, -0.25) is 4.79 Å². The Morgan fingerprint density at radius 2 is 1.50 bits per heavy atom. The van der Waals surface area contributed by atoms with Crippen LogP contribution in [-0.4, -0.2) is 15.7 Å². The highest BCUT2D eigenvalue weighted by atomic mass is 19.2. The molecule has 0 fully saturated rings. The number of halogens is 4. The number of ether oxygens (including phenoxy) is 1. The summed E-state index contributed by atoms with van der Waals surface area (Å²) in [7, 11) is 0. The van der Waals surface area contributed by atoms with Crippen molar-refractivity contribution in [2.45, 2.75) is 6.73 Å². The third kappa shape index (κ3) is 4.46. The molecule has 0 atom stereocenters. The summed E-state index contributed by atoms with van der Waals surface area (Å²) in [4.78, 5) is 12.2.